The lowest BCUT2D eigenvalue weighted by molar-refractivity contribution is -0.148. The Morgan fingerprint density at radius 1 is 1.42 bits per heavy atom. The lowest BCUT2D eigenvalue weighted by Crippen LogP contribution is -2.46. The number of amides is 1. The number of carbonyl (C=O) groups is 2. The van der Waals surface area contributed by atoms with Crippen molar-refractivity contribution in [2.45, 2.75) is 32.2 Å². The van der Waals surface area contributed by atoms with E-state index in [-0.39, 0.29) is 23.8 Å². The number of carbonyl (C=O) groups excluding carboxylic acids is 2. The van der Waals surface area contributed by atoms with Gasteiger partial charge in [-0.05, 0) is 31.4 Å². The molecule has 0 aromatic heterocycles. The molecule has 1 amide bonds. The average Bonchev–Trinajstić information content (AvgIpc) is 2.81. The molecular weight excluding hydrogens is 242 g/mol. The molecule has 1 fully saturated rings. The third-order valence-corrected chi connectivity index (χ3v) is 4.00. The van der Waals surface area contributed by atoms with Crippen LogP contribution in [0.4, 0.5) is 5.69 Å². The highest BCUT2D eigenvalue weighted by atomic mass is 16.5. The first-order valence-corrected chi connectivity index (χ1v) is 6.79. The van der Waals surface area contributed by atoms with Crippen molar-refractivity contribution in [3.63, 3.8) is 0 Å². The van der Waals surface area contributed by atoms with E-state index in [1.165, 1.54) is 0 Å². The number of benzene rings is 1. The van der Waals surface area contributed by atoms with E-state index in [4.69, 9.17) is 4.74 Å². The molecule has 2 unspecified atom stereocenters. The third-order valence-electron chi connectivity index (χ3n) is 4.00. The summed E-state index contributed by atoms with van der Waals surface area (Å²) in [5.41, 5.74) is 2.03. The molecule has 0 N–H and O–H groups in total. The van der Waals surface area contributed by atoms with Gasteiger partial charge in [0.25, 0.3) is 0 Å². The van der Waals surface area contributed by atoms with Crippen LogP contribution in [-0.4, -0.2) is 24.5 Å². The lowest BCUT2D eigenvalue weighted by Gasteiger charge is -2.36. The number of esters is 1. The summed E-state index contributed by atoms with van der Waals surface area (Å²) in [6.07, 6.45) is 1.94. The van der Waals surface area contributed by atoms with Gasteiger partial charge in [0.05, 0.1) is 18.6 Å². The van der Waals surface area contributed by atoms with Crippen molar-refractivity contribution in [3.05, 3.63) is 29.8 Å². The zero-order valence-corrected chi connectivity index (χ0v) is 11.0. The topological polar surface area (TPSA) is 46.6 Å². The molecule has 1 aromatic rings. The Morgan fingerprint density at radius 2 is 2.21 bits per heavy atom. The molecule has 1 saturated heterocycles. The quantitative estimate of drug-likeness (QED) is 0.762. The van der Waals surface area contributed by atoms with Crippen LogP contribution in [0.25, 0.3) is 0 Å². The number of fused-ring (bicyclic) bond motifs is 3. The molecule has 0 saturated carbocycles. The van der Waals surface area contributed by atoms with E-state index in [1.54, 1.807) is 4.90 Å². The van der Waals surface area contributed by atoms with Crippen LogP contribution in [0.1, 0.15) is 25.3 Å². The van der Waals surface area contributed by atoms with E-state index >= 15 is 0 Å². The summed E-state index contributed by atoms with van der Waals surface area (Å²) in [4.78, 5) is 26.0. The molecule has 0 spiro atoms. The van der Waals surface area contributed by atoms with Crippen molar-refractivity contribution < 1.29 is 14.3 Å². The number of nitrogens with zero attached hydrogens (tertiary/aromatic N) is 1. The van der Waals surface area contributed by atoms with Crippen molar-refractivity contribution in [3.8, 4) is 0 Å². The smallest absolute Gasteiger partial charge is 0.311 e. The molecule has 4 nitrogen and oxygen atoms in total. The van der Waals surface area contributed by atoms with Crippen LogP contribution < -0.4 is 4.90 Å². The van der Waals surface area contributed by atoms with Crippen LogP contribution in [0.15, 0.2) is 24.3 Å². The number of rotatable bonds is 2. The highest BCUT2D eigenvalue weighted by Gasteiger charge is 2.45. The van der Waals surface area contributed by atoms with Crippen LogP contribution in [0.5, 0.6) is 0 Å². The first-order chi connectivity index (χ1) is 9.22. The summed E-state index contributed by atoms with van der Waals surface area (Å²) in [7, 11) is 0. The second kappa shape index (κ2) is 4.68. The zero-order valence-electron chi connectivity index (χ0n) is 11.0. The summed E-state index contributed by atoms with van der Waals surface area (Å²) in [5, 5.41) is 0. The van der Waals surface area contributed by atoms with E-state index in [0.29, 0.717) is 19.4 Å². The van der Waals surface area contributed by atoms with E-state index in [9.17, 15) is 9.59 Å². The highest BCUT2D eigenvalue weighted by Crippen LogP contribution is 2.40. The molecule has 2 aliphatic rings. The molecule has 2 aliphatic heterocycles. The molecule has 19 heavy (non-hydrogen) atoms. The minimum atomic E-state index is -0.221. The fraction of sp³-hybridized carbons (Fsp3) is 0.467. The maximum atomic E-state index is 12.1. The summed E-state index contributed by atoms with van der Waals surface area (Å²) < 4.78 is 5.16. The normalized spacial score (nSPS) is 24.9. The van der Waals surface area contributed by atoms with E-state index < -0.39 is 0 Å². The number of hydrogen-bond acceptors (Lipinski definition) is 3. The molecule has 100 valence electrons. The standard InChI is InChI=1S/C15H17NO3/c1-2-19-15(18)11-9-10-5-3-4-6-12(10)16-13(11)7-8-14(16)17/h3-6,11,13H,2,7-9H2,1H3. The number of ether oxygens (including phenoxy) is 1. The van der Waals surface area contributed by atoms with Crippen LogP contribution >= 0.6 is 0 Å². The Bertz CT molecular complexity index is 526. The number of hydrogen-bond donors (Lipinski definition) is 0. The minimum absolute atomic E-state index is 0.0264. The molecule has 0 radical (unpaired) electrons. The Labute approximate surface area is 112 Å². The molecule has 2 heterocycles. The summed E-state index contributed by atoms with van der Waals surface area (Å²) >= 11 is 0. The van der Waals surface area contributed by atoms with Crippen molar-refractivity contribution >= 4 is 17.6 Å². The second-order valence-electron chi connectivity index (χ2n) is 5.06. The van der Waals surface area contributed by atoms with Gasteiger partial charge in [0, 0.05) is 12.1 Å². The number of para-hydroxylation sites is 1. The predicted molar refractivity (Wildman–Crippen MR) is 70.8 cm³/mol. The van der Waals surface area contributed by atoms with E-state index in [0.717, 1.165) is 17.7 Å². The zero-order chi connectivity index (χ0) is 13.4. The van der Waals surface area contributed by atoms with Crippen LogP contribution in [-0.2, 0) is 20.7 Å². The minimum Gasteiger partial charge on any atom is -0.466 e. The van der Waals surface area contributed by atoms with Crippen molar-refractivity contribution in [2.75, 3.05) is 11.5 Å². The first kappa shape index (κ1) is 12.2. The predicted octanol–water partition coefficient (Wildman–Crippen LogP) is 1.92. The van der Waals surface area contributed by atoms with Crippen LogP contribution in [0.3, 0.4) is 0 Å². The molecular formula is C15H17NO3. The molecule has 1 aromatic carbocycles. The molecule has 2 atom stereocenters. The van der Waals surface area contributed by atoms with Gasteiger partial charge < -0.3 is 9.64 Å². The van der Waals surface area contributed by atoms with Gasteiger partial charge in [0.2, 0.25) is 5.91 Å². The van der Waals surface area contributed by atoms with Crippen LogP contribution in [0.2, 0.25) is 0 Å². The van der Waals surface area contributed by atoms with E-state index in [1.807, 2.05) is 31.2 Å². The van der Waals surface area contributed by atoms with E-state index in [2.05, 4.69) is 0 Å². The Kier molecular flexibility index (Phi) is 3.01. The van der Waals surface area contributed by atoms with Gasteiger partial charge in [-0.3, -0.25) is 9.59 Å². The summed E-state index contributed by atoms with van der Waals surface area (Å²) in [6.45, 7) is 2.20. The molecule has 0 bridgehead atoms. The summed E-state index contributed by atoms with van der Waals surface area (Å²) in [5.74, 6) is -0.283. The van der Waals surface area contributed by atoms with Gasteiger partial charge >= 0.3 is 5.97 Å². The Balaban J connectivity index is 1.99. The fourth-order valence-electron chi connectivity index (χ4n) is 3.18. The molecule has 3 rings (SSSR count). The number of anilines is 1. The molecule has 0 aliphatic carbocycles. The van der Waals surface area contributed by atoms with Crippen molar-refractivity contribution in [1.29, 1.82) is 0 Å². The highest BCUT2D eigenvalue weighted by molar-refractivity contribution is 5.99. The average molecular weight is 259 g/mol. The maximum absolute atomic E-state index is 12.1. The van der Waals surface area contributed by atoms with Gasteiger partial charge in [-0.15, -0.1) is 0 Å². The van der Waals surface area contributed by atoms with Crippen molar-refractivity contribution in [1.82, 2.24) is 0 Å². The van der Waals surface area contributed by atoms with Gasteiger partial charge in [-0.1, -0.05) is 18.2 Å². The van der Waals surface area contributed by atoms with Gasteiger partial charge in [-0.2, -0.15) is 0 Å². The maximum Gasteiger partial charge on any atom is 0.311 e. The molecule has 4 heteroatoms. The van der Waals surface area contributed by atoms with Gasteiger partial charge in [0.1, 0.15) is 0 Å². The monoisotopic (exact) mass is 259 g/mol. The van der Waals surface area contributed by atoms with Gasteiger partial charge in [-0.25, -0.2) is 0 Å². The fourth-order valence-corrected chi connectivity index (χ4v) is 3.18. The Hall–Kier alpha value is -1.84. The van der Waals surface area contributed by atoms with Crippen LogP contribution in [0, 0.1) is 5.92 Å². The lowest BCUT2D eigenvalue weighted by atomic mass is 9.86. The second-order valence-corrected chi connectivity index (χ2v) is 5.06. The Morgan fingerprint density at radius 3 is 3.00 bits per heavy atom. The van der Waals surface area contributed by atoms with Gasteiger partial charge in [0.15, 0.2) is 0 Å². The SMILES string of the molecule is CCOC(=O)C1Cc2ccccc2N2C(=O)CCC12. The van der Waals surface area contributed by atoms with Crippen molar-refractivity contribution in [2.24, 2.45) is 5.92 Å². The third kappa shape index (κ3) is 1.91. The first-order valence-electron chi connectivity index (χ1n) is 6.79. The summed E-state index contributed by atoms with van der Waals surface area (Å²) in [6, 6.07) is 7.81. The largest absolute Gasteiger partial charge is 0.466 e.